The molecule has 0 aliphatic heterocycles. The van der Waals surface area contributed by atoms with Crippen LogP contribution in [0, 0.1) is 11.3 Å². The maximum absolute atomic E-state index is 13.7. The summed E-state index contributed by atoms with van der Waals surface area (Å²) in [7, 11) is 1.61. The minimum absolute atomic E-state index is 0.106. The number of nitriles is 1. The SMILES string of the molecule is COc1ccc(CN(C(=O)Nc2cncc3ccccc23)C2(C#N)CC(OCc3ccccc3)C2)cc1. The van der Waals surface area contributed by atoms with Crippen molar-refractivity contribution in [3.8, 4) is 11.8 Å². The molecule has 1 aromatic heterocycles. The summed E-state index contributed by atoms with van der Waals surface area (Å²) in [6.07, 6.45) is 4.17. The normalized spacial score (nSPS) is 18.4. The molecule has 37 heavy (non-hydrogen) atoms. The molecule has 2 amide bonds. The highest BCUT2D eigenvalue weighted by Crippen LogP contribution is 2.41. The third-order valence-electron chi connectivity index (χ3n) is 6.84. The van der Waals surface area contributed by atoms with Gasteiger partial charge in [-0.3, -0.25) is 4.98 Å². The number of rotatable bonds is 8. The Labute approximate surface area is 216 Å². The minimum atomic E-state index is -0.983. The maximum Gasteiger partial charge on any atom is 0.323 e. The summed E-state index contributed by atoms with van der Waals surface area (Å²) in [6, 6.07) is 27.3. The van der Waals surface area contributed by atoms with Gasteiger partial charge in [0.15, 0.2) is 0 Å². The Balaban J connectivity index is 1.37. The van der Waals surface area contributed by atoms with Crippen LogP contribution >= 0.6 is 0 Å². The van der Waals surface area contributed by atoms with E-state index >= 15 is 0 Å². The highest BCUT2D eigenvalue weighted by atomic mass is 16.5. The van der Waals surface area contributed by atoms with Crippen molar-refractivity contribution in [2.45, 2.75) is 37.6 Å². The van der Waals surface area contributed by atoms with Gasteiger partial charge in [0.05, 0.1) is 37.8 Å². The van der Waals surface area contributed by atoms with Gasteiger partial charge in [-0.25, -0.2) is 4.79 Å². The number of benzene rings is 3. The highest BCUT2D eigenvalue weighted by molar-refractivity contribution is 6.01. The molecule has 0 unspecified atom stereocenters. The molecule has 4 aromatic rings. The largest absolute Gasteiger partial charge is 0.497 e. The van der Waals surface area contributed by atoms with E-state index in [-0.39, 0.29) is 18.7 Å². The number of amides is 2. The van der Waals surface area contributed by atoms with E-state index in [2.05, 4.69) is 16.4 Å². The summed E-state index contributed by atoms with van der Waals surface area (Å²) >= 11 is 0. The number of nitrogens with one attached hydrogen (secondary N) is 1. The van der Waals surface area contributed by atoms with Crippen LogP contribution in [0.15, 0.2) is 91.3 Å². The van der Waals surface area contributed by atoms with E-state index < -0.39 is 5.54 Å². The smallest absolute Gasteiger partial charge is 0.323 e. The minimum Gasteiger partial charge on any atom is -0.497 e. The first-order valence-corrected chi connectivity index (χ1v) is 12.2. The monoisotopic (exact) mass is 492 g/mol. The number of ether oxygens (including phenoxy) is 2. The molecule has 0 atom stereocenters. The number of anilines is 1. The number of methoxy groups -OCH3 is 1. The van der Waals surface area contributed by atoms with E-state index in [1.165, 1.54) is 0 Å². The Kier molecular flexibility index (Phi) is 7.02. The zero-order chi connectivity index (χ0) is 25.7. The lowest BCUT2D eigenvalue weighted by molar-refractivity contribution is -0.0764. The van der Waals surface area contributed by atoms with Crippen LogP contribution in [0.5, 0.6) is 5.75 Å². The van der Waals surface area contributed by atoms with Crippen molar-refractivity contribution in [2.24, 2.45) is 0 Å². The molecular formula is C30H28N4O3. The molecule has 7 nitrogen and oxygen atoms in total. The molecule has 186 valence electrons. The van der Waals surface area contributed by atoms with Gasteiger partial charge < -0.3 is 19.7 Å². The number of nitrogens with zero attached hydrogens (tertiary/aromatic N) is 3. The summed E-state index contributed by atoms with van der Waals surface area (Å²) < 4.78 is 11.3. The molecule has 0 radical (unpaired) electrons. The Morgan fingerprint density at radius 2 is 1.76 bits per heavy atom. The van der Waals surface area contributed by atoms with Gasteiger partial charge in [0.2, 0.25) is 0 Å². The molecule has 1 N–H and O–H groups in total. The molecule has 1 heterocycles. The molecule has 1 aliphatic rings. The van der Waals surface area contributed by atoms with Crippen molar-refractivity contribution in [1.82, 2.24) is 9.88 Å². The number of hydrogen-bond acceptors (Lipinski definition) is 5. The molecule has 0 saturated heterocycles. The predicted molar refractivity (Wildman–Crippen MR) is 142 cm³/mol. The summed E-state index contributed by atoms with van der Waals surface area (Å²) in [6.45, 7) is 0.742. The second-order valence-corrected chi connectivity index (χ2v) is 9.24. The fourth-order valence-corrected chi connectivity index (χ4v) is 4.70. The third-order valence-corrected chi connectivity index (χ3v) is 6.84. The topological polar surface area (TPSA) is 87.5 Å². The highest BCUT2D eigenvalue weighted by Gasteiger charge is 2.52. The molecule has 0 bridgehead atoms. The Bertz CT molecular complexity index is 1410. The van der Waals surface area contributed by atoms with E-state index in [0.717, 1.165) is 27.6 Å². The number of pyridine rings is 1. The van der Waals surface area contributed by atoms with Crippen molar-refractivity contribution >= 4 is 22.5 Å². The van der Waals surface area contributed by atoms with Gasteiger partial charge in [-0.1, -0.05) is 66.7 Å². The standard InChI is InChI=1S/C30H28N4O3/c1-36-25-13-11-22(12-14-25)19-34(29(35)33-28-18-32-17-24-9-5-6-10-27(24)28)30(21-31)15-26(16-30)37-20-23-7-3-2-4-8-23/h2-14,17-18,26H,15-16,19-20H2,1H3,(H,33,35). The van der Waals surface area contributed by atoms with E-state index in [9.17, 15) is 10.1 Å². The fraction of sp³-hybridized carbons (Fsp3) is 0.233. The predicted octanol–water partition coefficient (Wildman–Crippen LogP) is 5.92. The number of urea groups is 1. The van der Waals surface area contributed by atoms with E-state index in [1.807, 2.05) is 78.9 Å². The lowest BCUT2D eigenvalue weighted by Gasteiger charge is -2.49. The molecular weight excluding hydrogens is 464 g/mol. The number of fused-ring (bicyclic) bond motifs is 1. The van der Waals surface area contributed by atoms with Crippen LogP contribution in [-0.4, -0.2) is 34.7 Å². The fourth-order valence-electron chi connectivity index (χ4n) is 4.70. The Morgan fingerprint density at radius 1 is 1.03 bits per heavy atom. The van der Waals surface area contributed by atoms with Crippen LogP contribution in [0.3, 0.4) is 0 Å². The summed E-state index contributed by atoms with van der Waals surface area (Å²) in [5, 5.41) is 15.1. The molecule has 1 saturated carbocycles. The number of hydrogen-bond donors (Lipinski definition) is 1. The second kappa shape index (κ2) is 10.7. The van der Waals surface area contributed by atoms with Gasteiger partial charge in [-0.15, -0.1) is 0 Å². The van der Waals surface area contributed by atoms with Crippen LogP contribution in [0.2, 0.25) is 0 Å². The average Bonchev–Trinajstić information content (AvgIpc) is 2.93. The zero-order valence-corrected chi connectivity index (χ0v) is 20.6. The number of aromatic nitrogens is 1. The average molecular weight is 493 g/mol. The van der Waals surface area contributed by atoms with Gasteiger partial charge in [0, 0.05) is 36.4 Å². The van der Waals surface area contributed by atoms with Crippen molar-refractivity contribution in [3.05, 3.63) is 102 Å². The second-order valence-electron chi connectivity index (χ2n) is 9.24. The van der Waals surface area contributed by atoms with Crippen molar-refractivity contribution < 1.29 is 14.3 Å². The van der Waals surface area contributed by atoms with Gasteiger partial charge in [-0.05, 0) is 23.3 Å². The van der Waals surface area contributed by atoms with Crippen LogP contribution in [0.25, 0.3) is 10.8 Å². The quantitative estimate of drug-likeness (QED) is 0.330. The Morgan fingerprint density at radius 3 is 2.49 bits per heavy atom. The van der Waals surface area contributed by atoms with Crippen molar-refractivity contribution in [3.63, 3.8) is 0 Å². The van der Waals surface area contributed by atoms with Gasteiger partial charge >= 0.3 is 6.03 Å². The zero-order valence-electron chi connectivity index (χ0n) is 20.6. The van der Waals surface area contributed by atoms with Crippen molar-refractivity contribution in [2.75, 3.05) is 12.4 Å². The summed E-state index contributed by atoms with van der Waals surface area (Å²) in [4.78, 5) is 19.6. The Hall–Kier alpha value is -4.41. The summed E-state index contributed by atoms with van der Waals surface area (Å²) in [5.41, 5.74) is 1.60. The van der Waals surface area contributed by atoms with Gasteiger partial charge in [-0.2, -0.15) is 5.26 Å². The molecule has 5 rings (SSSR count). The van der Waals surface area contributed by atoms with Gasteiger partial charge in [0.1, 0.15) is 11.3 Å². The van der Waals surface area contributed by atoms with Crippen LogP contribution in [0.4, 0.5) is 10.5 Å². The third kappa shape index (κ3) is 5.25. The molecule has 1 aliphatic carbocycles. The number of carbonyl (C=O) groups excluding carboxylic acids is 1. The first kappa shape index (κ1) is 24.3. The molecule has 3 aromatic carbocycles. The molecule has 1 fully saturated rings. The van der Waals surface area contributed by atoms with E-state index in [4.69, 9.17) is 9.47 Å². The lowest BCUT2D eigenvalue weighted by Crippen LogP contribution is -2.61. The van der Waals surface area contributed by atoms with Crippen LogP contribution < -0.4 is 10.1 Å². The van der Waals surface area contributed by atoms with Crippen LogP contribution in [-0.2, 0) is 17.9 Å². The maximum atomic E-state index is 13.7. The van der Waals surface area contributed by atoms with E-state index in [1.54, 1.807) is 24.4 Å². The molecule has 0 spiro atoms. The molecule has 7 heteroatoms. The lowest BCUT2D eigenvalue weighted by atomic mass is 9.73. The van der Waals surface area contributed by atoms with E-state index in [0.29, 0.717) is 25.1 Å². The first-order chi connectivity index (χ1) is 18.1. The number of carbonyl (C=O) groups is 1. The van der Waals surface area contributed by atoms with Crippen LogP contribution in [0.1, 0.15) is 24.0 Å². The van der Waals surface area contributed by atoms with Gasteiger partial charge in [0.25, 0.3) is 0 Å². The summed E-state index contributed by atoms with van der Waals surface area (Å²) in [5.74, 6) is 0.731. The van der Waals surface area contributed by atoms with Crippen molar-refractivity contribution in [1.29, 1.82) is 5.26 Å². The first-order valence-electron chi connectivity index (χ1n) is 12.2.